The van der Waals surface area contributed by atoms with Crippen LogP contribution in [0.4, 0.5) is 9.80 Å². The van der Waals surface area contributed by atoms with Gasteiger partial charge < -0.3 is 5.32 Å². The quantitative estimate of drug-likeness (QED) is 0.836. The molecule has 3 rings (SSSR count). The van der Waals surface area contributed by atoms with Gasteiger partial charge in [-0.05, 0) is 48.1 Å². The van der Waals surface area contributed by atoms with Crippen LogP contribution in [-0.4, -0.2) is 28.8 Å². The van der Waals surface area contributed by atoms with Crippen molar-refractivity contribution in [3.63, 3.8) is 0 Å². The Labute approximate surface area is 160 Å². The smallest absolute Gasteiger partial charge is 0.329 e. The van der Waals surface area contributed by atoms with Gasteiger partial charge in [0.15, 0.2) is 0 Å². The number of carbonyl (C=O) groups excluding carboxylic acids is 3. The van der Waals surface area contributed by atoms with Crippen molar-refractivity contribution < 1.29 is 14.4 Å². The van der Waals surface area contributed by atoms with Gasteiger partial charge in [-0.25, -0.2) is 4.79 Å². The van der Waals surface area contributed by atoms with Crippen molar-refractivity contribution in [1.29, 1.82) is 0 Å². The zero-order chi connectivity index (χ0) is 18.7. The number of carbonyl (C=O) groups is 3. The lowest BCUT2D eigenvalue weighted by molar-refractivity contribution is -0.132. The monoisotopic (exact) mass is 391 g/mol. The molecule has 0 saturated carbocycles. The first kappa shape index (κ1) is 18.4. The van der Waals surface area contributed by atoms with Crippen LogP contribution in [0.1, 0.15) is 24.0 Å². The predicted octanol–water partition coefficient (Wildman–Crippen LogP) is 3.55. The average Bonchev–Trinajstić information content (AvgIpc) is 3.23. The van der Waals surface area contributed by atoms with Crippen LogP contribution >= 0.6 is 22.9 Å². The molecule has 0 spiro atoms. The first-order valence-corrected chi connectivity index (χ1v) is 9.41. The van der Waals surface area contributed by atoms with Crippen molar-refractivity contribution in [3.05, 3.63) is 51.9 Å². The summed E-state index contributed by atoms with van der Waals surface area (Å²) in [6.45, 7) is 2.17. The van der Waals surface area contributed by atoms with Crippen molar-refractivity contribution >= 4 is 45.8 Å². The molecule has 1 fully saturated rings. The van der Waals surface area contributed by atoms with E-state index < -0.39 is 12.1 Å². The Bertz CT molecular complexity index is 838. The van der Waals surface area contributed by atoms with Gasteiger partial charge in [-0.2, -0.15) is 0 Å². The number of imide groups is 1. The van der Waals surface area contributed by atoms with Crippen LogP contribution in [0.5, 0.6) is 0 Å². The Hall–Kier alpha value is -2.38. The lowest BCUT2D eigenvalue weighted by Gasteiger charge is -2.22. The van der Waals surface area contributed by atoms with Gasteiger partial charge in [0.25, 0.3) is 0 Å². The summed E-state index contributed by atoms with van der Waals surface area (Å²) in [6.07, 6.45) is 0.478. The summed E-state index contributed by atoms with van der Waals surface area (Å²) in [5, 5.41) is 8.43. The van der Waals surface area contributed by atoms with E-state index in [0.29, 0.717) is 16.4 Å². The van der Waals surface area contributed by atoms with Gasteiger partial charge in [-0.1, -0.05) is 23.7 Å². The third-order valence-corrected chi connectivity index (χ3v) is 5.28. The fourth-order valence-electron chi connectivity index (χ4n) is 2.80. The van der Waals surface area contributed by atoms with Crippen LogP contribution in [0.2, 0.25) is 5.02 Å². The second-order valence-corrected chi connectivity index (χ2v) is 7.39. The molecule has 1 atom stereocenters. The van der Waals surface area contributed by atoms with E-state index in [0.717, 1.165) is 16.0 Å². The van der Waals surface area contributed by atoms with Gasteiger partial charge in [0.05, 0.1) is 5.00 Å². The van der Waals surface area contributed by atoms with Crippen LogP contribution in [0, 0.1) is 6.92 Å². The molecule has 4 amide bonds. The molecular weight excluding hydrogens is 374 g/mol. The highest BCUT2D eigenvalue weighted by atomic mass is 35.5. The Morgan fingerprint density at radius 1 is 1.35 bits per heavy atom. The molecule has 1 unspecified atom stereocenters. The molecule has 1 aliphatic rings. The number of hydrogen-bond acceptors (Lipinski definition) is 4. The highest BCUT2D eigenvalue weighted by molar-refractivity contribution is 7.14. The molecular formula is C18H18ClN3O3S. The minimum atomic E-state index is -0.813. The zero-order valence-electron chi connectivity index (χ0n) is 14.1. The molecule has 136 valence electrons. The lowest BCUT2D eigenvalue weighted by atomic mass is 10.1. The molecule has 1 aromatic heterocycles. The second-order valence-electron chi connectivity index (χ2n) is 6.04. The van der Waals surface area contributed by atoms with E-state index in [1.165, 1.54) is 11.3 Å². The minimum Gasteiger partial charge on any atom is -0.350 e. The van der Waals surface area contributed by atoms with E-state index in [-0.39, 0.29) is 24.8 Å². The molecule has 0 aliphatic carbocycles. The summed E-state index contributed by atoms with van der Waals surface area (Å²) in [6, 6.07) is 7.71. The highest BCUT2D eigenvalue weighted by Gasteiger charge is 2.40. The van der Waals surface area contributed by atoms with E-state index >= 15 is 0 Å². The fourth-order valence-corrected chi connectivity index (χ4v) is 3.71. The van der Waals surface area contributed by atoms with Gasteiger partial charge >= 0.3 is 6.03 Å². The molecule has 6 nitrogen and oxygen atoms in total. The number of likely N-dealkylation sites (tertiary alicyclic amines) is 1. The first-order chi connectivity index (χ1) is 12.5. The van der Waals surface area contributed by atoms with E-state index in [1.807, 2.05) is 30.5 Å². The molecule has 1 aliphatic heterocycles. The fraction of sp³-hybridized carbons (Fsp3) is 0.278. The second kappa shape index (κ2) is 7.88. The number of nitrogens with zero attached hydrogens (tertiary/aromatic N) is 1. The summed E-state index contributed by atoms with van der Waals surface area (Å²) in [5.41, 5.74) is 1.81. The molecule has 26 heavy (non-hydrogen) atoms. The number of thiophene rings is 1. The van der Waals surface area contributed by atoms with Gasteiger partial charge in [0.2, 0.25) is 11.8 Å². The number of anilines is 1. The highest BCUT2D eigenvalue weighted by Crippen LogP contribution is 2.23. The molecule has 8 heteroatoms. The summed E-state index contributed by atoms with van der Waals surface area (Å²) < 4.78 is 0. The van der Waals surface area contributed by atoms with Crippen LogP contribution in [-0.2, 0) is 16.1 Å². The molecule has 1 aromatic carbocycles. The van der Waals surface area contributed by atoms with Crippen LogP contribution in [0.25, 0.3) is 0 Å². The van der Waals surface area contributed by atoms with Crippen LogP contribution in [0.15, 0.2) is 35.7 Å². The standard InChI is InChI=1S/C18H18ClN3O3S/c1-11-4-5-12(13(19)9-11)10-20-17(24)14-6-7-16(23)22(14)18(25)21-15-3-2-8-26-15/h2-5,8-9,14H,6-7,10H2,1H3,(H,20,24)(H,21,25). The van der Waals surface area contributed by atoms with E-state index in [4.69, 9.17) is 11.6 Å². The van der Waals surface area contributed by atoms with Crippen LogP contribution < -0.4 is 10.6 Å². The SMILES string of the molecule is Cc1ccc(CNC(=O)C2CCC(=O)N2C(=O)Nc2cccs2)c(Cl)c1. The number of aryl methyl sites for hydroxylation is 1. The normalized spacial score (nSPS) is 16.6. The zero-order valence-corrected chi connectivity index (χ0v) is 15.7. The summed E-state index contributed by atoms with van der Waals surface area (Å²) in [4.78, 5) is 38.0. The molecule has 2 heterocycles. The van der Waals surface area contributed by atoms with E-state index in [9.17, 15) is 14.4 Å². The lowest BCUT2D eigenvalue weighted by Crippen LogP contribution is -2.48. The molecule has 0 bridgehead atoms. The topological polar surface area (TPSA) is 78.5 Å². The number of urea groups is 1. The average molecular weight is 392 g/mol. The summed E-state index contributed by atoms with van der Waals surface area (Å²) >= 11 is 7.52. The number of nitrogens with one attached hydrogen (secondary N) is 2. The first-order valence-electron chi connectivity index (χ1n) is 8.15. The maximum atomic E-state index is 12.5. The van der Waals surface area contributed by atoms with Crippen molar-refractivity contribution in [3.8, 4) is 0 Å². The number of halogens is 1. The van der Waals surface area contributed by atoms with Crippen molar-refractivity contribution in [2.24, 2.45) is 0 Å². The van der Waals surface area contributed by atoms with Gasteiger partial charge in [0, 0.05) is 18.0 Å². The molecule has 2 N–H and O–H groups in total. The Morgan fingerprint density at radius 2 is 2.15 bits per heavy atom. The largest absolute Gasteiger partial charge is 0.350 e. The van der Waals surface area contributed by atoms with Crippen LogP contribution in [0.3, 0.4) is 0 Å². The molecule has 1 saturated heterocycles. The Balaban J connectivity index is 1.65. The number of hydrogen-bond donors (Lipinski definition) is 2. The predicted molar refractivity (Wildman–Crippen MR) is 101 cm³/mol. The maximum absolute atomic E-state index is 12.5. The third-order valence-electron chi connectivity index (χ3n) is 4.15. The Kier molecular flexibility index (Phi) is 5.58. The van der Waals surface area contributed by atoms with Gasteiger partial charge in [-0.15, -0.1) is 11.3 Å². The van der Waals surface area contributed by atoms with E-state index in [1.54, 1.807) is 12.1 Å². The van der Waals surface area contributed by atoms with Crippen molar-refractivity contribution in [2.45, 2.75) is 32.4 Å². The van der Waals surface area contributed by atoms with Crippen molar-refractivity contribution in [2.75, 3.05) is 5.32 Å². The number of amides is 4. The number of rotatable bonds is 4. The van der Waals surface area contributed by atoms with E-state index in [2.05, 4.69) is 10.6 Å². The van der Waals surface area contributed by atoms with Gasteiger partial charge in [-0.3, -0.25) is 19.8 Å². The number of benzene rings is 1. The summed E-state index contributed by atoms with van der Waals surface area (Å²) in [7, 11) is 0. The summed E-state index contributed by atoms with van der Waals surface area (Å²) in [5.74, 6) is -0.721. The minimum absolute atomic E-state index is 0.168. The third kappa shape index (κ3) is 4.05. The maximum Gasteiger partial charge on any atom is 0.329 e. The molecule has 0 radical (unpaired) electrons. The van der Waals surface area contributed by atoms with Crippen molar-refractivity contribution in [1.82, 2.24) is 10.2 Å². The van der Waals surface area contributed by atoms with Gasteiger partial charge in [0.1, 0.15) is 6.04 Å². The molecule has 2 aromatic rings. The Morgan fingerprint density at radius 3 is 2.85 bits per heavy atom.